The summed E-state index contributed by atoms with van der Waals surface area (Å²) < 4.78 is 10.4. The maximum absolute atomic E-state index is 12.6. The Hall–Kier alpha value is -2.53. The predicted octanol–water partition coefficient (Wildman–Crippen LogP) is 4.16. The number of benzene rings is 2. The van der Waals surface area contributed by atoms with Gasteiger partial charge in [-0.3, -0.25) is 9.59 Å². The third kappa shape index (κ3) is 5.73. The molecule has 6 heteroatoms. The molecule has 2 aromatic rings. The van der Waals surface area contributed by atoms with E-state index in [9.17, 15) is 9.59 Å². The van der Waals surface area contributed by atoms with E-state index >= 15 is 0 Å². The Bertz CT molecular complexity index is 785. The minimum Gasteiger partial charge on any atom is -0.493 e. The van der Waals surface area contributed by atoms with E-state index in [1.807, 2.05) is 0 Å². The van der Waals surface area contributed by atoms with Crippen LogP contribution in [0.2, 0.25) is 5.02 Å². The second-order valence-electron chi connectivity index (χ2n) is 6.64. The first-order valence-corrected chi connectivity index (χ1v) is 9.29. The highest BCUT2D eigenvalue weighted by molar-refractivity contribution is 6.30. The van der Waals surface area contributed by atoms with Crippen molar-refractivity contribution >= 4 is 23.5 Å². The van der Waals surface area contributed by atoms with Crippen molar-refractivity contribution in [1.82, 2.24) is 5.32 Å². The van der Waals surface area contributed by atoms with Crippen LogP contribution in [0.25, 0.3) is 0 Å². The number of halogens is 1. The minimum absolute atomic E-state index is 0.0342. The van der Waals surface area contributed by atoms with Gasteiger partial charge >= 0.3 is 5.97 Å². The molecule has 0 aromatic heterocycles. The number of esters is 1. The van der Waals surface area contributed by atoms with Gasteiger partial charge in [-0.2, -0.15) is 0 Å². The van der Waals surface area contributed by atoms with Crippen LogP contribution in [0, 0.1) is 5.92 Å². The molecule has 1 atom stereocenters. The third-order valence-electron chi connectivity index (χ3n) is 4.48. The Morgan fingerprint density at radius 3 is 2.37 bits per heavy atom. The highest BCUT2D eigenvalue weighted by Crippen LogP contribution is 2.29. The molecule has 0 spiro atoms. The van der Waals surface area contributed by atoms with Crippen LogP contribution >= 0.6 is 11.6 Å². The van der Waals surface area contributed by atoms with Crippen molar-refractivity contribution in [1.29, 1.82) is 0 Å². The van der Waals surface area contributed by atoms with Crippen LogP contribution in [0.15, 0.2) is 48.5 Å². The summed E-state index contributed by atoms with van der Waals surface area (Å²) in [6, 6.07) is 13.5. The summed E-state index contributed by atoms with van der Waals surface area (Å²) in [6.45, 7) is 0.726. The molecule has 1 aliphatic carbocycles. The van der Waals surface area contributed by atoms with E-state index in [1.165, 1.54) is 20.0 Å². The molecule has 1 saturated carbocycles. The summed E-state index contributed by atoms with van der Waals surface area (Å²) >= 11 is 5.92. The van der Waals surface area contributed by atoms with Crippen molar-refractivity contribution in [2.45, 2.75) is 25.3 Å². The highest BCUT2D eigenvalue weighted by atomic mass is 35.5. The van der Waals surface area contributed by atoms with Gasteiger partial charge in [0.1, 0.15) is 5.75 Å². The zero-order valence-electron chi connectivity index (χ0n) is 15.1. The lowest BCUT2D eigenvalue weighted by Crippen LogP contribution is -2.30. The number of carbonyl (C=O) groups is 2. The van der Waals surface area contributed by atoms with Gasteiger partial charge < -0.3 is 14.8 Å². The Labute approximate surface area is 163 Å². The second kappa shape index (κ2) is 8.91. The first kappa shape index (κ1) is 19.2. The number of hydrogen-bond acceptors (Lipinski definition) is 4. The molecule has 0 radical (unpaired) electrons. The van der Waals surface area contributed by atoms with Crippen molar-refractivity contribution in [3.8, 4) is 5.75 Å². The van der Waals surface area contributed by atoms with Crippen molar-refractivity contribution in [2.24, 2.45) is 5.92 Å². The van der Waals surface area contributed by atoms with Crippen LogP contribution < -0.4 is 10.1 Å². The smallest absolute Gasteiger partial charge is 0.307 e. The van der Waals surface area contributed by atoms with Crippen LogP contribution in [-0.2, 0) is 9.53 Å². The van der Waals surface area contributed by atoms with E-state index in [-0.39, 0.29) is 12.3 Å². The van der Waals surface area contributed by atoms with E-state index in [1.54, 1.807) is 48.5 Å². The van der Waals surface area contributed by atoms with Crippen molar-refractivity contribution in [2.75, 3.05) is 13.7 Å². The molecule has 27 heavy (non-hydrogen) atoms. The lowest BCUT2D eigenvalue weighted by atomic mass is 10.0. The highest BCUT2D eigenvalue weighted by Gasteiger charge is 2.22. The number of nitrogens with one attached hydrogen (secondary N) is 1. The number of ether oxygens (including phenoxy) is 2. The van der Waals surface area contributed by atoms with Gasteiger partial charge in [-0.05, 0) is 60.7 Å². The summed E-state index contributed by atoms with van der Waals surface area (Å²) in [6.07, 6.45) is 2.49. The monoisotopic (exact) mass is 387 g/mol. The van der Waals surface area contributed by atoms with Crippen molar-refractivity contribution in [3.05, 3.63) is 64.7 Å². The van der Waals surface area contributed by atoms with Gasteiger partial charge in [0.2, 0.25) is 0 Å². The van der Waals surface area contributed by atoms with Gasteiger partial charge in [-0.25, -0.2) is 0 Å². The molecule has 1 unspecified atom stereocenters. The lowest BCUT2D eigenvalue weighted by Gasteiger charge is -2.18. The predicted molar refractivity (Wildman–Crippen MR) is 103 cm³/mol. The summed E-state index contributed by atoms with van der Waals surface area (Å²) in [5, 5.41) is 3.48. The van der Waals surface area contributed by atoms with Gasteiger partial charge in [0.05, 0.1) is 26.2 Å². The largest absolute Gasteiger partial charge is 0.493 e. The van der Waals surface area contributed by atoms with Gasteiger partial charge in [-0.15, -0.1) is 0 Å². The molecule has 0 bridgehead atoms. The molecular weight excluding hydrogens is 366 g/mol. The molecule has 1 fully saturated rings. The third-order valence-corrected chi connectivity index (χ3v) is 4.73. The SMILES string of the molecule is COC(=O)CC(NC(=O)c1ccc(OCC2CC2)cc1)c1ccc(Cl)cc1. The summed E-state index contributed by atoms with van der Waals surface area (Å²) in [7, 11) is 1.32. The number of hydrogen-bond donors (Lipinski definition) is 1. The van der Waals surface area contributed by atoms with Gasteiger partial charge in [0.25, 0.3) is 5.91 Å². The summed E-state index contributed by atoms with van der Waals surface area (Å²) in [5.74, 6) is 0.750. The Balaban J connectivity index is 1.66. The van der Waals surface area contributed by atoms with Crippen LogP contribution in [-0.4, -0.2) is 25.6 Å². The van der Waals surface area contributed by atoms with Crippen LogP contribution in [0.3, 0.4) is 0 Å². The first-order chi connectivity index (χ1) is 13.0. The standard InChI is InChI=1S/C21H22ClNO4/c1-26-20(24)12-19(15-4-8-17(22)9-5-15)23-21(25)16-6-10-18(11-7-16)27-13-14-2-3-14/h4-11,14,19H,2-3,12-13H2,1H3,(H,23,25). The zero-order chi connectivity index (χ0) is 19.2. The molecule has 2 aromatic carbocycles. The van der Waals surface area contributed by atoms with E-state index in [0.717, 1.165) is 17.9 Å². The molecule has 1 aliphatic rings. The van der Waals surface area contributed by atoms with Crippen LogP contribution in [0.5, 0.6) is 5.75 Å². The van der Waals surface area contributed by atoms with Gasteiger partial charge in [0.15, 0.2) is 0 Å². The Morgan fingerprint density at radius 1 is 1.11 bits per heavy atom. The van der Waals surface area contributed by atoms with Crippen LogP contribution in [0.1, 0.15) is 41.2 Å². The molecule has 3 rings (SSSR count). The lowest BCUT2D eigenvalue weighted by molar-refractivity contribution is -0.141. The molecule has 0 heterocycles. The maximum Gasteiger partial charge on any atom is 0.307 e. The molecule has 0 saturated heterocycles. The average Bonchev–Trinajstić information content (AvgIpc) is 3.51. The van der Waals surface area contributed by atoms with Gasteiger partial charge in [0, 0.05) is 10.6 Å². The minimum atomic E-state index is -0.506. The molecule has 142 valence electrons. The van der Waals surface area contributed by atoms with Crippen molar-refractivity contribution in [3.63, 3.8) is 0 Å². The van der Waals surface area contributed by atoms with Crippen LogP contribution in [0.4, 0.5) is 0 Å². The topological polar surface area (TPSA) is 64.6 Å². The molecular formula is C21H22ClNO4. The summed E-state index contributed by atoms with van der Waals surface area (Å²) in [5.41, 5.74) is 1.28. The summed E-state index contributed by atoms with van der Waals surface area (Å²) in [4.78, 5) is 24.4. The van der Waals surface area contributed by atoms with E-state index < -0.39 is 12.0 Å². The fourth-order valence-electron chi connectivity index (χ4n) is 2.64. The fraction of sp³-hybridized carbons (Fsp3) is 0.333. The fourth-order valence-corrected chi connectivity index (χ4v) is 2.77. The van der Waals surface area contributed by atoms with E-state index in [2.05, 4.69) is 5.32 Å². The Morgan fingerprint density at radius 2 is 1.78 bits per heavy atom. The number of carbonyl (C=O) groups excluding carboxylic acids is 2. The second-order valence-corrected chi connectivity index (χ2v) is 7.07. The van der Waals surface area contributed by atoms with Crippen molar-refractivity contribution < 1.29 is 19.1 Å². The molecule has 1 N–H and O–H groups in total. The molecule has 5 nitrogen and oxygen atoms in total. The van der Waals surface area contributed by atoms with E-state index in [4.69, 9.17) is 21.1 Å². The van der Waals surface area contributed by atoms with Gasteiger partial charge in [-0.1, -0.05) is 23.7 Å². The van der Waals surface area contributed by atoms with E-state index in [0.29, 0.717) is 16.5 Å². The number of methoxy groups -OCH3 is 1. The molecule has 1 amide bonds. The first-order valence-electron chi connectivity index (χ1n) is 8.91. The zero-order valence-corrected chi connectivity index (χ0v) is 15.9. The quantitative estimate of drug-likeness (QED) is 0.690. The number of rotatable bonds is 8. The Kier molecular flexibility index (Phi) is 6.35. The average molecular weight is 388 g/mol. The number of amides is 1. The molecule has 0 aliphatic heterocycles. The normalized spacial score (nSPS) is 14.3. The maximum atomic E-state index is 12.6.